The second kappa shape index (κ2) is 8.76. The summed E-state index contributed by atoms with van der Waals surface area (Å²) in [6, 6.07) is 6.27. The number of H-pyrrole nitrogens is 1. The molecule has 1 fully saturated rings. The Morgan fingerprint density at radius 3 is 3.16 bits per heavy atom. The molecular weight excluding hydrogens is 314 g/mol. The van der Waals surface area contributed by atoms with E-state index in [1.165, 1.54) is 32.2 Å². The number of piperidine rings is 1. The summed E-state index contributed by atoms with van der Waals surface area (Å²) in [7, 11) is 0. The van der Waals surface area contributed by atoms with Gasteiger partial charge in [-0.05, 0) is 50.4 Å². The molecule has 25 heavy (non-hydrogen) atoms. The van der Waals surface area contributed by atoms with Gasteiger partial charge in [0.25, 0.3) is 5.91 Å². The van der Waals surface area contributed by atoms with Crippen LogP contribution in [0.25, 0.3) is 11.3 Å². The highest BCUT2D eigenvalue weighted by Crippen LogP contribution is 2.19. The zero-order valence-corrected chi connectivity index (χ0v) is 14.9. The Morgan fingerprint density at radius 1 is 1.44 bits per heavy atom. The van der Waals surface area contributed by atoms with E-state index in [-0.39, 0.29) is 5.91 Å². The molecule has 1 atom stereocenters. The lowest BCUT2D eigenvalue weighted by molar-refractivity contribution is 0.0942. The summed E-state index contributed by atoms with van der Waals surface area (Å²) < 4.78 is 0. The number of hydrogen-bond acceptors (Lipinski definition) is 4. The molecular formula is C19H27N5O. The van der Waals surface area contributed by atoms with Crippen LogP contribution in [0.4, 0.5) is 0 Å². The highest BCUT2D eigenvalue weighted by Gasteiger charge is 2.20. The Hall–Kier alpha value is -2.21. The number of aromatic nitrogens is 3. The number of rotatable bonds is 7. The molecule has 3 rings (SSSR count). The van der Waals surface area contributed by atoms with Crippen molar-refractivity contribution in [1.29, 1.82) is 0 Å². The number of aromatic amines is 1. The second-order valence-electron chi connectivity index (χ2n) is 6.61. The third kappa shape index (κ3) is 4.66. The van der Waals surface area contributed by atoms with Crippen molar-refractivity contribution in [1.82, 2.24) is 25.4 Å². The molecule has 1 unspecified atom stereocenters. The smallest absolute Gasteiger partial charge is 0.269 e. The maximum absolute atomic E-state index is 12.2. The Balaban J connectivity index is 1.44. The van der Waals surface area contributed by atoms with Crippen LogP contribution in [0.2, 0.25) is 0 Å². The first kappa shape index (κ1) is 17.6. The average molecular weight is 341 g/mol. The van der Waals surface area contributed by atoms with E-state index in [2.05, 4.69) is 32.3 Å². The molecule has 0 aliphatic carbocycles. The molecule has 1 saturated heterocycles. The number of likely N-dealkylation sites (tertiary alicyclic amines) is 1. The van der Waals surface area contributed by atoms with Crippen LogP contribution in [0, 0.1) is 0 Å². The van der Waals surface area contributed by atoms with E-state index in [9.17, 15) is 4.79 Å². The Labute approximate surface area is 149 Å². The van der Waals surface area contributed by atoms with Gasteiger partial charge in [-0.15, -0.1) is 0 Å². The van der Waals surface area contributed by atoms with Crippen LogP contribution in [0.3, 0.4) is 0 Å². The first-order chi connectivity index (χ1) is 12.3. The highest BCUT2D eigenvalue weighted by atomic mass is 16.1. The van der Waals surface area contributed by atoms with Gasteiger partial charge in [0.2, 0.25) is 0 Å². The number of amides is 1. The first-order valence-electron chi connectivity index (χ1n) is 9.26. The van der Waals surface area contributed by atoms with Crippen LogP contribution in [-0.2, 0) is 0 Å². The summed E-state index contributed by atoms with van der Waals surface area (Å²) in [5.74, 6) is -0.103. The molecule has 3 heterocycles. The number of pyridine rings is 1. The molecule has 1 amide bonds. The summed E-state index contributed by atoms with van der Waals surface area (Å²) in [4.78, 5) is 18.9. The molecule has 1 aliphatic heterocycles. The van der Waals surface area contributed by atoms with E-state index in [1.54, 1.807) is 18.5 Å². The number of nitrogens with one attached hydrogen (secondary N) is 2. The maximum atomic E-state index is 12.2. The zero-order valence-electron chi connectivity index (χ0n) is 14.9. The van der Waals surface area contributed by atoms with Gasteiger partial charge in [0.1, 0.15) is 5.69 Å². The highest BCUT2D eigenvalue weighted by molar-refractivity contribution is 5.93. The molecule has 6 nitrogen and oxygen atoms in total. The van der Waals surface area contributed by atoms with Crippen LogP contribution >= 0.6 is 0 Å². The molecule has 0 spiro atoms. The molecule has 2 aromatic rings. The van der Waals surface area contributed by atoms with E-state index >= 15 is 0 Å². The Kier molecular flexibility index (Phi) is 6.17. The molecule has 1 aliphatic rings. The third-order valence-corrected chi connectivity index (χ3v) is 4.91. The Bertz CT molecular complexity index is 669. The minimum Gasteiger partial charge on any atom is -0.351 e. The first-order valence-corrected chi connectivity index (χ1v) is 9.26. The minimum absolute atomic E-state index is 0.103. The number of nitrogens with zero attached hydrogens (tertiary/aromatic N) is 3. The molecule has 2 N–H and O–H groups in total. The van der Waals surface area contributed by atoms with Gasteiger partial charge < -0.3 is 10.2 Å². The fourth-order valence-corrected chi connectivity index (χ4v) is 3.50. The second-order valence-corrected chi connectivity index (χ2v) is 6.61. The van der Waals surface area contributed by atoms with Crippen molar-refractivity contribution in [3.63, 3.8) is 0 Å². The number of hydrogen-bond donors (Lipinski definition) is 2. The Morgan fingerprint density at radius 2 is 2.36 bits per heavy atom. The van der Waals surface area contributed by atoms with E-state index in [0.717, 1.165) is 30.3 Å². The molecule has 6 heteroatoms. The third-order valence-electron chi connectivity index (χ3n) is 4.91. The van der Waals surface area contributed by atoms with E-state index in [1.807, 2.05) is 12.1 Å². The minimum atomic E-state index is -0.103. The van der Waals surface area contributed by atoms with Crippen molar-refractivity contribution in [3.8, 4) is 11.3 Å². The molecule has 2 aromatic heterocycles. The van der Waals surface area contributed by atoms with E-state index in [0.29, 0.717) is 12.2 Å². The summed E-state index contributed by atoms with van der Waals surface area (Å²) in [6.07, 6.45) is 9.62. The predicted molar refractivity (Wildman–Crippen MR) is 98.3 cm³/mol. The SMILES string of the molecule is CCC1CCCCN1CCCNC(=O)c1cc(-c2cccnc2)n[nH]1. The van der Waals surface area contributed by atoms with Crippen molar-refractivity contribution >= 4 is 5.91 Å². The van der Waals surface area contributed by atoms with Gasteiger partial charge in [-0.25, -0.2) is 0 Å². The van der Waals surface area contributed by atoms with Crippen molar-refractivity contribution in [2.45, 2.75) is 45.1 Å². The standard InChI is InChI=1S/C19H27N5O/c1-2-16-8-3-4-11-24(16)12-6-10-21-19(25)18-13-17(22-23-18)15-7-5-9-20-14-15/h5,7,9,13-14,16H,2-4,6,8,10-12H2,1H3,(H,21,25)(H,22,23). The van der Waals surface area contributed by atoms with Crippen molar-refractivity contribution in [2.24, 2.45) is 0 Å². The van der Waals surface area contributed by atoms with Crippen molar-refractivity contribution in [3.05, 3.63) is 36.3 Å². The summed E-state index contributed by atoms with van der Waals surface area (Å²) >= 11 is 0. The topological polar surface area (TPSA) is 73.9 Å². The summed E-state index contributed by atoms with van der Waals surface area (Å²) in [6.45, 7) is 5.21. The maximum Gasteiger partial charge on any atom is 0.269 e. The van der Waals surface area contributed by atoms with Gasteiger partial charge in [0, 0.05) is 37.1 Å². The van der Waals surface area contributed by atoms with E-state index < -0.39 is 0 Å². The summed E-state index contributed by atoms with van der Waals surface area (Å²) in [5, 5.41) is 9.99. The van der Waals surface area contributed by atoms with Crippen molar-refractivity contribution < 1.29 is 4.79 Å². The fourth-order valence-electron chi connectivity index (χ4n) is 3.50. The van der Waals surface area contributed by atoms with Crippen LogP contribution in [-0.4, -0.2) is 51.7 Å². The molecule has 0 radical (unpaired) electrons. The van der Waals surface area contributed by atoms with Gasteiger partial charge >= 0.3 is 0 Å². The van der Waals surface area contributed by atoms with Crippen LogP contribution in [0.1, 0.15) is 49.5 Å². The molecule has 0 aromatic carbocycles. The summed E-state index contributed by atoms with van der Waals surface area (Å²) in [5.41, 5.74) is 2.12. The molecule has 0 bridgehead atoms. The van der Waals surface area contributed by atoms with Gasteiger partial charge in [-0.2, -0.15) is 5.10 Å². The van der Waals surface area contributed by atoms with Crippen LogP contribution in [0.5, 0.6) is 0 Å². The van der Waals surface area contributed by atoms with E-state index in [4.69, 9.17) is 0 Å². The molecule has 0 saturated carbocycles. The number of carbonyl (C=O) groups excluding carboxylic acids is 1. The van der Waals surface area contributed by atoms with Crippen LogP contribution < -0.4 is 5.32 Å². The largest absolute Gasteiger partial charge is 0.351 e. The van der Waals surface area contributed by atoms with Gasteiger partial charge in [-0.1, -0.05) is 13.3 Å². The number of carbonyl (C=O) groups is 1. The van der Waals surface area contributed by atoms with Crippen LogP contribution in [0.15, 0.2) is 30.6 Å². The lowest BCUT2D eigenvalue weighted by atomic mass is 10.00. The van der Waals surface area contributed by atoms with Gasteiger partial charge in [0.15, 0.2) is 0 Å². The predicted octanol–water partition coefficient (Wildman–Crippen LogP) is 2.86. The average Bonchev–Trinajstić information content (AvgIpc) is 3.16. The normalized spacial score (nSPS) is 18.2. The van der Waals surface area contributed by atoms with Gasteiger partial charge in [-0.3, -0.25) is 14.9 Å². The lowest BCUT2D eigenvalue weighted by Gasteiger charge is -2.35. The monoisotopic (exact) mass is 341 g/mol. The van der Waals surface area contributed by atoms with Gasteiger partial charge in [0.05, 0.1) is 5.69 Å². The fraction of sp³-hybridized carbons (Fsp3) is 0.526. The van der Waals surface area contributed by atoms with Crippen molar-refractivity contribution in [2.75, 3.05) is 19.6 Å². The quantitative estimate of drug-likeness (QED) is 0.760. The lowest BCUT2D eigenvalue weighted by Crippen LogP contribution is -2.40. The molecule has 134 valence electrons. The zero-order chi connectivity index (χ0) is 17.5.